The average molecular weight is 348 g/mol. The first-order valence-corrected chi connectivity index (χ1v) is 7.44. The predicted molar refractivity (Wildman–Crippen MR) is 89.7 cm³/mol. The van der Waals surface area contributed by atoms with Gasteiger partial charge in [-0.15, -0.1) is 0 Å². The molecule has 0 aliphatic heterocycles. The second-order valence-electron chi connectivity index (χ2n) is 4.68. The van der Waals surface area contributed by atoms with Crippen molar-refractivity contribution in [2.45, 2.75) is 6.54 Å². The van der Waals surface area contributed by atoms with E-state index in [1.165, 1.54) is 11.0 Å². The van der Waals surface area contributed by atoms with Crippen LogP contribution >= 0.6 is 23.2 Å². The molecule has 0 aliphatic carbocycles. The fourth-order valence-electron chi connectivity index (χ4n) is 1.92. The van der Waals surface area contributed by atoms with Gasteiger partial charge in [0.25, 0.3) is 5.91 Å². The van der Waals surface area contributed by atoms with Gasteiger partial charge in [-0.25, -0.2) is 5.43 Å². The standard InChI is InChI=1S/C15H11Cl2N5O/c16-11-6-5-10(12(17)7-11)8-18-19-15(23)9-22-20-13-3-1-2-4-14(13)21-22/h1-8H,9H2,(H,19,23). The zero-order valence-corrected chi connectivity index (χ0v) is 13.3. The van der Waals surface area contributed by atoms with Crippen LogP contribution in [0.1, 0.15) is 5.56 Å². The molecular formula is C15H11Cl2N5O. The van der Waals surface area contributed by atoms with Gasteiger partial charge in [0.1, 0.15) is 17.6 Å². The van der Waals surface area contributed by atoms with Gasteiger partial charge in [-0.3, -0.25) is 4.79 Å². The number of hydrogen-bond acceptors (Lipinski definition) is 4. The number of fused-ring (bicyclic) bond motifs is 1. The molecule has 0 aliphatic rings. The van der Waals surface area contributed by atoms with Crippen LogP contribution in [0.4, 0.5) is 0 Å². The third kappa shape index (κ3) is 3.85. The molecule has 1 aromatic heterocycles. The van der Waals surface area contributed by atoms with Crippen LogP contribution in [0.5, 0.6) is 0 Å². The lowest BCUT2D eigenvalue weighted by Crippen LogP contribution is -2.24. The number of benzene rings is 2. The smallest absolute Gasteiger partial charge is 0.263 e. The third-order valence-electron chi connectivity index (χ3n) is 2.97. The third-order valence-corrected chi connectivity index (χ3v) is 3.53. The Morgan fingerprint density at radius 1 is 1.17 bits per heavy atom. The van der Waals surface area contributed by atoms with E-state index in [1.807, 2.05) is 24.3 Å². The fourth-order valence-corrected chi connectivity index (χ4v) is 2.38. The minimum Gasteiger partial charge on any atom is -0.271 e. The Morgan fingerprint density at radius 2 is 1.87 bits per heavy atom. The van der Waals surface area contributed by atoms with Gasteiger partial charge >= 0.3 is 0 Å². The maximum Gasteiger partial charge on any atom is 0.263 e. The molecule has 0 saturated heterocycles. The summed E-state index contributed by atoms with van der Waals surface area (Å²) in [6, 6.07) is 12.4. The minimum absolute atomic E-state index is 0.0274. The molecule has 2 aromatic carbocycles. The quantitative estimate of drug-likeness (QED) is 0.582. The van der Waals surface area contributed by atoms with E-state index in [1.54, 1.807) is 18.2 Å². The first kappa shape index (κ1) is 15.5. The molecule has 0 bridgehead atoms. The SMILES string of the molecule is O=C(Cn1nc2ccccc2n1)NN=Cc1ccc(Cl)cc1Cl. The zero-order valence-electron chi connectivity index (χ0n) is 11.8. The van der Waals surface area contributed by atoms with E-state index in [0.29, 0.717) is 15.6 Å². The monoisotopic (exact) mass is 347 g/mol. The van der Waals surface area contributed by atoms with Crippen molar-refractivity contribution in [1.29, 1.82) is 0 Å². The summed E-state index contributed by atoms with van der Waals surface area (Å²) in [5, 5.41) is 13.3. The van der Waals surface area contributed by atoms with Gasteiger partial charge in [-0.2, -0.15) is 20.1 Å². The van der Waals surface area contributed by atoms with Crippen molar-refractivity contribution in [3.05, 3.63) is 58.1 Å². The molecule has 1 N–H and O–H groups in total. The number of halogens is 2. The molecule has 23 heavy (non-hydrogen) atoms. The van der Waals surface area contributed by atoms with Gasteiger partial charge in [-0.05, 0) is 24.3 Å². The lowest BCUT2D eigenvalue weighted by atomic mass is 10.2. The Bertz CT molecular complexity index is 857. The van der Waals surface area contributed by atoms with Crippen molar-refractivity contribution in [3.8, 4) is 0 Å². The maximum atomic E-state index is 11.8. The van der Waals surface area contributed by atoms with Crippen LogP contribution in [0.15, 0.2) is 47.6 Å². The second-order valence-corrected chi connectivity index (χ2v) is 5.52. The number of nitrogens with zero attached hydrogens (tertiary/aromatic N) is 4. The van der Waals surface area contributed by atoms with Crippen LogP contribution in [0.2, 0.25) is 10.0 Å². The second kappa shape index (κ2) is 6.76. The summed E-state index contributed by atoms with van der Waals surface area (Å²) in [6.45, 7) is -0.0274. The number of hydrazone groups is 1. The Hall–Kier alpha value is -2.44. The zero-order chi connectivity index (χ0) is 16.2. The number of aromatic nitrogens is 3. The van der Waals surface area contributed by atoms with E-state index < -0.39 is 0 Å². The van der Waals surface area contributed by atoms with Crippen LogP contribution in [0.3, 0.4) is 0 Å². The molecule has 3 aromatic rings. The van der Waals surface area contributed by atoms with E-state index in [2.05, 4.69) is 20.7 Å². The lowest BCUT2D eigenvalue weighted by Gasteiger charge is -2.00. The van der Waals surface area contributed by atoms with Crippen molar-refractivity contribution < 1.29 is 4.79 Å². The molecule has 6 nitrogen and oxygen atoms in total. The van der Waals surface area contributed by atoms with E-state index >= 15 is 0 Å². The molecule has 0 saturated carbocycles. The number of amides is 1. The Kier molecular flexibility index (Phi) is 4.55. The molecule has 0 fully saturated rings. The summed E-state index contributed by atoms with van der Waals surface area (Å²) in [7, 11) is 0. The van der Waals surface area contributed by atoms with Crippen molar-refractivity contribution >= 4 is 46.4 Å². The highest BCUT2D eigenvalue weighted by atomic mass is 35.5. The number of rotatable bonds is 4. The first-order valence-electron chi connectivity index (χ1n) is 6.68. The van der Waals surface area contributed by atoms with E-state index in [9.17, 15) is 4.79 Å². The Morgan fingerprint density at radius 3 is 2.52 bits per heavy atom. The number of carbonyl (C=O) groups is 1. The van der Waals surface area contributed by atoms with Crippen LogP contribution < -0.4 is 5.43 Å². The minimum atomic E-state index is -0.341. The van der Waals surface area contributed by atoms with Crippen molar-refractivity contribution in [2.75, 3.05) is 0 Å². The van der Waals surface area contributed by atoms with E-state index in [4.69, 9.17) is 23.2 Å². The van der Waals surface area contributed by atoms with E-state index in [0.717, 1.165) is 11.0 Å². The highest BCUT2D eigenvalue weighted by molar-refractivity contribution is 6.36. The summed E-state index contributed by atoms with van der Waals surface area (Å²) >= 11 is 11.8. The van der Waals surface area contributed by atoms with Crippen LogP contribution in [-0.2, 0) is 11.3 Å². The Balaban J connectivity index is 1.61. The largest absolute Gasteiger partial charge is 0.271 e. The molecule has 0 unspecified atom stereocenters. The molecule has 8 heteroatoms. The summed E-state index contributed by atoms with van der Waals surface area (Å²) in [4.78, 5) is 13.2. The first-order chi connectivity index (χ1) is 11.1. The van der Waals surface area contributed by atoms with Crippen molar-refractivity contribution in [2.24, 2.45) is 5.10 Å². The van der Waals surface area contributed by atoms with Gasteiger partial charge in [0.15, 0.2) is 0 Å². The number of hydrogen-bond donors (Lipinski definition) is 1. The molecule has 116 valence electrons. The maximum absolute atomic E-state index is 11.8. The van der Waals surface area contributed by atoms with Crippen LogP contribution in [-0.4, -0.2) is 27.1 Å². The van der Waals surface area contributed by atoms with Crippen LogP contribution in [0, 0.1) is 0 Å². The summed E-state index contributed by atoms with van der Waals surface area (Å²) < 4.78 is 0. The molecule has 0 spiro atoms. The Labute approximate surface area is 141 Å². The van der Waals surface area contributed by atoms with Gasteiger partial charge in [-0.1, -0.05) is 41.4 Å². The molecular weight excluding hydrogens is 337 g/mol. The highest BCUT2D eigenvalue weighted by Crippen LogP contribution is 2.19. The molecule has 0 atom stereocenters. The van der Waals surface area contributed by atoms with Crippen molar-refractivity contribution in [1.82, 2.24) is 20.4 Å². The number of carbonyl (C=O) groups excluding carboxylic acids is 1. The van der Waals surface area contributed by atoms with Gasteiger partial charge in [0, 0.05) is 10.6 Å². The summed E-state index contributed by atoms with van der Waals surface area (Å²) in [5.41, 5.74) is 4.52. The average Bonchev–Trinajstić information content (AvgIpc) is 2.91. The molecule has 3 rings (SSSR count). The topological polar surface area (TPSA) is 72.2 Å². The summed E-state index contributed by atoms with van der Waals surface area (Å²) in [5.74, 6) is -0.341. The molecule has 1 heterocycles. The van der Waals surface area contributed by atoms with Gasteiger partial charge in [0.2, 0.25) is 0 Å². The lowest BCUT2D eigenvalue weighted by molar-refractivity contribution is -0.122. The summed E-state index contributed by atoms with van der Waals surface area (Å²) in [6.07, 6.45) is 1.45. The van der Waals surface area contributed by atoms with Gasteiger partial charge < -0.3 is 0 Å². The fraction of sp³-hybridized carbons (Fsp3) is 0.0667. The normalized spacial score (nSPS) is 11.2. The van der Waals surface area contributed by atoms with Crippen LogP contribution in [0.25, 0.3) is 11.0 Å². The highest BCUT2D eigenvalue weighted by Gasteiger charge is 2.06. The van der Waals surface area contributed by atoms with E-state index in [-0.39, 0.29) is 12.5 Å². The molecule has 1 amide bonds. The van der Waals surface area contributed by atoms with Crippen molar-refractivity contribution in [3.63, 3.8) is 0 Å². The van der Waals surface area contributed by atoms with Gasteiger partial charge in [0.05, 0.1) is 11.2 Å². The predicted octanol–water partition coefficient (Wildman–Crippen LogP) is 2.89. The molecule has 0 radical (unpaired) electrons. The number of nitrogens with one attached hydrogen (secondary N) is 1.